The van der Waals surface area contributed by atoms with Gasteiger partial charge < -0.3 is 4.74 Å². The van der Waals surface area contributed by atoms with Gasteiger partial charge in [0.25, 0.3) is 0 Å². The van der Waals surface area contributed by atoms with Gasteiger partial charge in [-0.1, -0.05) is 18.6 Å². The lowest BCUT2D eigenvalue weighted by Crippen LogP contribution is -2.35. The van der Waals surface area contributed by atoms with Gasteiger partial charge in [0.1, 0.15) is 17.7 Å². The quantitative estimate of drug-likeness (QED) is 0.719. The Bertz CT molecular complexity index is 576. The van der Waals surface area contributed by atoms with Crippen molar-refractivity contribution in [1.29, 1.82) is 0 Å². The van der Waals surface area contributed by atoms with Crippen molar-refractivity contribution in [3.05, 3.63) is 41.2 Å². The monoisotopic (exact) mass is 274 g/mol. The number of hydrogen-bond donors (Lipinski definition) is 0. The van der Waals surface area contributed by atoms with Crippen LogP contribution >= 0.6 is 0 Å². The first-order valence-electron chi connectivity index (χ1n) is 7.19. The van der Waals surface area contributed by atoms with E-state index in [4.69, 9.17) is 4.74 Å². The molecule has 1 aliphatic carbocycles. The Balaban J connectivity index is 1.84. The molecule has 0 spiro atoms. The van der Waals surface area contributed by atoms with Gasteiger partial charge >= 0.3 is 0 Å². The van der Waals surface area contributed by atoms with E-state index in [1.807, 2.05) is 0 Å². The van der Waals surface area contributed by atoms with Crippen LogP contribution in [-0.2, 0) is 0 Å². The van der Waals surface area contributed by atoms with Crippen molar-refractivity contribution in [2.45, 2.75) is 39.2 Å². The molecule has 3 unspecified atom stereocenters. The minimum absolute atomic E-state index is 0.0658. The molecule has 3 rings (SSSR count). The van der Waals surface area contributed by atoms with E-state index < -0.39 is 0 Å². The Morgan fingerprint density at radius 3 is 2.85 bits per heavy atom. The van der Waals surface area contributed by atoms with Gasteiger partial charge in [0.15, 0.2) is 5.78 Å². The maximum Gasteiger partial charge on any atom is 0.170 e. The van der Waals surface area contributed by atoms with Crippen LogP contribution in [0.2, 0.25) is 0 Å². The lowest BCUT2D eigenvalue weighted by atomic mass is 9.78. The topological polar surface area (TPSA) is 26.3 Å². The maximum absolute atomic E-state index is 13.3. The number of benzene rings is 1. The molecule has 20 heavy (non-hydrogen) atoms. The fourth-order valence-corrected chi connectivity index (χ4v) is 3.46. The zero-order valence-corrected chi connectivity index (χ0v) is 11.9. The van der Waals surface area contributed by atoms with Crippen LogP contribution in [0.5, 0.6) is 5.75 Å². The summed E-state index contributed by atoms with van der Waals surface area (Å²) in [6.45, 7) is 4.31. The first-order valence-corrected chi connectivity index (χ1v) is 7.19. The number of carbonyl (C=O) groups is 1. The predicted octanol–water partition coefficient (Wildman–Crippen LogP) is 4.15. The molecule has 0 radical (unpaired) electrons. The van der Waals surface area contributed by atoms with E-state index in [0.717, 1.165) is 12.8 Å². The van der Waals surface area contributed by atoms with Crippen LogP contribution in [0, 0.1) is 17.7 Å². The maximum atomic E-state index is 13.3. The average molecular weight is 274 g/mol. The molecule has 1 aromatic rings. The molecule has 2 nitrogen and oxygen atoms in total. The fraction of sp³-hybridized carbons (Fsp3) is 0.471. The molecule has 0 saturated heterocycles. The standard InChI is InChI=1S/C17H19FO2/c1-10-5-11(2)7-12(6-10)16-9-15(19)14-4-3-13(18)8-17(14)20-16/h3-5,8,10,12,16H,6-7,9H2,1-2H3. The number of fused-ring (bicyclic) bond motifs is 1. The summed E-state index contributed by atoms with van der Waals surface area (Å²) in [5.41, 5.74) is 1.87. The number of hydrogen-bond acceptors (Lipinski definition) is 2. The van der Waals surface area contributed by atoms with E-state index in [0.29, 0.717) is 29.6 Å². The van der Waals surface area contributed by atoms with Gasteiger partial charge in [-0.3, -0.25) is 4.79 Å². The van der Waals surface area contributed by atoms with Gasteiger partial charge in [0.05, 0.1) is 5.56 Å². The highest BCUT2D eigenvalue weighted by molar-refractivity contribution is 5.99. The van der Waals surface area contributed by atoms with Crippen molar-refractivity contribution >= 4 is 5.78 Å². The van der Waals surface area contributed by atoms with Crippen molar-refractivity contribution in [2.75, 3.05) is 0 Å². The Morgan fingerprint density at radius 2 is 2.10 bits per heavy atom. The molecule has 1 heterocycles. The zero-order chi connectivity index (χ0) is 14.3. The van der Waals surface area contributed by atoms with Gasteiger partial charge in [-0.25, -0.2) is 4.39 Å². The highest BCUT2D eigenvalue weighted by Gasteiger charge is 2.34. The lowest BCUT2D eigenvalue weighted by molar-refractivity contribution is 0.0683. The molecule has 3 atom stereocenters. The Hall–Kier alpha value is -1.64. The molecular formula is C17H19FO2. The third-order valence-corrected chi connectivity index (χ3v) is 4.26. The second kappa shape index (κ2) is 5.04. The van der Waals surface area contributed by atoms with E-state index in [1.54, 1.807) is 0 Å². The summed E-state index contributed by atoms with van der Waals surface area (Å²) in [6, 6.07) is 4.17. The number of rotatable bonds is 1. The van der Waals surface area contributed by atoms with E-state index in [2.05, 4.69) is 19.9 Å². The van der Waals surface area contributed by atoms with Crippen molar-refractivity contribution < 1.29 is 13.9 Å². The number of ether oxygens (including phenoxy) is 1. The molecule has 0 amide bonds. The Labute approximate surface area is 118 Å². The minimum atomic E-state index is -0.356. The fourth-order valence-electron chi connectivity index (χ4n) is 3.46. The summed E-state index contributed by atoms with van der Waals surface area (Å²) in [7, 11) is 0. The number of carbonyl (C=O) groups excluding carboxylic acids is 1. The Kier molecular flexibility index (Phi) is 3.36. The molecule has 1 aliphatic heterocycles. The van der Waals surface area contributed by atoms with Crippen LogP contribution in [0.3, 0.4) is 0 Å². The molecule has 0 aromatic heterocycles. The summed E-state index contributed by atoms with van der Waals surface area (Å²) in [6.07, 6.45) is 4.56. The van der Waals surface area contributed by atoms with Crippen LogP contribution in [0.15, 0.2) is 29.8 Å². The summed E-state index contributed by atoms with van der Waals surface area (Å²) >= 11 is 0. The van der Waals surface area contributed by atoms with E-state index >= 15 is 0 Å². The van der Waals surface area contributed by atoms with Crippen molar-refractivity contribution in [3.63, 3.8) is 0 Å². The van der Waals surface area contributed by atoms with Gasteiger partial charge in [0.2, 0.25) is 0 Å². The molecule has 0 saturated carbocycles. The Morgan fingerprint density at radius 1 is 1.30 bits per heavy atom. The van der Waals surface area contributed by atoms with Gasteiger partial charge in [-0.15, -0.1) is 0 Å². The van der Waals surface area contributed by atoms with Crippen LogP contribution in [-0.4, -0.2) is 11.9 Å². The van der Waals surface area contributed by atoms with Crippen LogP contribution in [0.1, 0.15) is 43.5 Å². The molecule has 0 N–H and O–H groups in total. The number of allylic oxidation sites excluding steroid dienone is 2. The number of halogens is 1. The van der Waals surface area contributed by atoms with E-state index in [-0.39, 0.29) is 17.7 Å². The summed E-state index contributed by atoms with van der Waals surface area (Å²) in [5.74, 6) is 0.976. The molecule has 2 aliphatic rings. The van der Waals surface area contributed by atoms with Crippen molar-refractivity contribution in [1.82, 2.24) is 0 Å². The second-order valence-electron chi connectivity index (χ2n) is 6.11. The first kappa shape index (κ1) is 13.3. The van der Waals surface area contributed by atoms with Crippen molar-refractivity contribution in [3.8, 4) is 5.75 Å². The molecule has 1 aromatic carbocycles. The second-order valence-corrected chi connectivity index (χ2v) is 6.11. The summed E-state index contributed by atoms with van der Waals surface area (Å²) in [4.78, 5) is 12.2. The van der Waals surface area contributed by atoms with Crippen LogP contribution in [0.4, 0.5) is 4.39 Å². The highest BCUT2D eigenvalue weighted by atomic mass is 19.1. The number of ketones is 1. The van der Waals surface area contributed by atoms with Gasteiger partial charge in [-0.2, -0.15) is 0 Å². The van der Waals surface area contributed by atoms with Crippen LogP contribution in [0.25, 0.3) is 0 Å². The normalized spacial score (nSPS) is 29.4. The first-order chi connectivity index (χ1) is 9.52. The summed E-state index contributed by atoms with van der Waals surface area (Å²) < 4.78 is 19.2. The van der Waals surface area contributed by atoms with Crippen LogP contribution < -0.4 is 4.74 Å². The van der Waals surface area contributed by atoms with Gasteiger partial charge in [-0.05, 0) is 37.8 Å². The van der Waals surface area contributed by atoms with Crippen molar-refractivity contribution in [2.24, 2.45) is 11.8 Å². The third-order valence-electron chi connectivity index (χ3n) is 4.26. The largest absolute Gasteiger partial charge is 0.489 e. The lowest BCUT2D eigenvalue weighted by Gasteiger charge is -2.35. The third kappa shape index (κ3) is 2.49. The smallest absolute Gasteiger partial charge is 0.170 e. The number of Topliss-reactive ketones (excluding diaryl/α,β-unsaturated/α-hetero) is 1. The molecule has 3 heteroatoms. The molecule has 0 fully saturated rings. The molecule has 0 bridgehead atoms. The molecular weight excluding hydrogens is 255 g/mol. The van der Waals surface area contributed by atoms with E-state index in [9.17, 15) is 9.18 Å². The highest BCUT2D eigenvalue weighted by Crippen LogP contribution is 2.37. The van der Waals surface area contributed by atoms with Gasteiger partial charge in [0, 0.05) is 18.4 Å². The predicted molar refractivity (Wildman–Crippen MR) is 75.4 cm³/mol. The van der Waals surface area contributed by atoms with E-state index in [1.165, 1.54) is 23.8 Å². The average Bonchev–Trinajstić information content (AvgIpc) is 2.36. The summed E-state index contributed by atoms with van der Waals surface area (Å²) in [5, 5.41) is 0. The molecule has 106 valence electrons. The minimum Gasteiger partial charge on any atom is -0.489 e. The zero-order valence-electron chi connectivity index (χ0n) is 11.9. The SMILES string of the molecule is CC1=CC(C)CC(C2CC(=O)c3ccc(F)cc3O2)C1.